The fraction of sp³-hybridized carbons (Fsp3) is 0.400. The number of nitrogens with one attached hydrogen (secondary N) is 1. The van der Waals surface area contributed by atoms with Crippen LogP contribution in [0.15, 0.2) is 63.4 Å². The first-order chi connectivity index (χ1) is 15.0. The average Bonchev–Trinajstić information content (AvgIpc) is 2.75. The zero-order chi connectivity index (χ0) is 22.0. The van der Waals surface area contributed by atoms with Gasteiger partial charge in [-0.2, -0.15) is 0 Å². The second-order valence-electron chi connectivity index (χ2n) is 8.37. The summed E-state index contributed by atoms with van der Waals surface area (Å²) >= 11 is 0. The fourth-order valence-corrected chi connectivity index (χ4v) is 4.38. The van der Waals surface area contributed by atoms with Gasteiger partial charge in [-0.25, -0.2) is 9.18 Å². The van der Waals surface area contributed by atoms with E-state index in [4.69, 9.17) is 4.42 Å². The van der Waals surface area contributed by atoms with E-state index < -0.39 is 0 Å². The molecule has 164 valence electrons. The van der Waals surface area contributed by atoms with E-state index in [2.05, 4.69) is 23.2 Å². The smallest absolute Gasteiger partial charge is 0.343 e. The first-order valence-electron chi connectivity index (χ1n) is 11.0. The topological polar surface area (TPSA) is 48.7 Å². The van der Waals surface area contributed by atoms with Crippen LogP contribution >= 0.6 is 0 Å². The highest BCUT2D eigenvalue weighted by molar-refractivity contribution is 5.83. The molecule has 0 spiro atoms. The number of fused-ring (bicyclic) bond motifs is 1. The van der Waals surface area contributed by atoms with Gasteiger partial charge in [0.1, 0.15) is 11.4 Å². The fourth-order valence-electron chi connectivity index (χ4n) is 4.38. The van der Waals surface area contributed by atoms with Crippen molar-refractivity contribution in [2.75, 3.05) is 31.1 Å². The van der Waals surface area contributed by atoms with Gasteiger partial charge in [-0.3, -0.25) is 0 Å². The molecule has 3 heterocycles. The summed E-state index contributed by atoms with van der Waals surface area (Å²) in [4.78, 5) is 17.0. The highest BCUT2D eigenvalue weighted by Gasteiger charge is 2.21. The van der Waals surface area contributed by atoms with Crippen molar-refractivity contribution in [3.8, 4) is 0 Å². The molecule has 1 aromatic heterocycles. The van der Waals surface area contributed by atoms with Crippen LogP contribution in [0.1, 0.15) is 39.2 Å². The van der Waals surface area contributed by atoms with Gasteiger partial charge in [-0.05, 0) is 55.7 Å². The lowest BCUT2D eigenvalue weighted by atomic mass is 9.99. The summed E-state index contributed by atoms with van der Waals surface area (Å²) in [7, 11) is 0. The maximum atomic E-state index is 14.1. The Hall–Kier alpha value is -2.86. The first-order valence-corrected chi connectivity index (χ1v) is 11.0. The van der Waals surface area contributed by atoms with Gasteiger partial charge in [0, 0.05) is 55.7 Å². The van der Waals surface area contributed by atoms with Crippen LogP contribution in [-0.2, 0) is 0 Å². The summed E-state index contributed by atoms with van der Waals surface area (Å²) in [6.07, 6.45) is 6.84. The molecule has 1 fully saturated rings. The van der Waals surface area contributed by atoms with E-state index in [1.165, 1.54) is 6.20 Å². The summed E-state index contributed by atoms with van der Waals surface area (Å²) < 4.78 is 19.7. The number of hydrogen-bond donors (Lipinski definition) is 1. The minimum atomic E-state index is -0.375. The van der Waals surface area contributed by atoms with E-state index in [0.29, 0.717) is 11.1 Å². The zero-order valence-electron chi connectivity index (χ0n) is 18.5. The van der Waals surface area contributed by atoms with Crippen LogP contribution in [0.3, 0.4) is 0 Å². The number of piperazine rings is 1. The van der Waals surface area contributed by atoms with E-state index in [0.717, 1.165) is 61.2 Å². The number of benzene rings is 1. The summed E-state index contributed by atoms with van der Waals surface area (Å²) in [5, 5.41) is 4.22. The molecule has 1 aromatic carbocycles. The van der Waals surface area contributed by atoms with Crippen molar-refractivity contribution in [1.82, 2.24) is 10.2 Å². The van der Waals surface area contributed by atoms with Crippen molar-refractivity contribution >= 4 is 22.2 Å². The molecule has 31 heavy (non-hydrogen) atoms. The van der Waals surface area contributed by atoms with E-state index >= 15 is 0 Å². The minimum Gasteiger partial charge on any atom is -0.422 e. The zero-order valence-corrected chi connectivity index (χ0v) is 18.5. The normalized spacial score (nSPS) is 20.1. The quantitative estimate of drug-likeness (QED) is 0.700. The third-order valence-electron chi connectivity index (χ3n) is 6.05. The van der Waals surface area contributed by atoms with Crippen LogP contribution in [-0.4, -0.2) is 37.1 Å². The van der Waals surface area contributed by atoms with E-state index in [9.17, 15) is 9.18 Å². The lowest BCUT2D eigenvalue weighted by molar-refractivity contribution is 0.365. The molecule has 0 bridgehead atoms. The van der Waals surface area contributed by atoms with Crippen molar-refractivity contribution in [3.63, 3.8) is 0 Å². The largest absolute Gasteiger partial charge is 0.422 e. The van der Waals surface area contributed by atoms with Crippen LogP contribution < -0.4 is 15.8 Å². The summed E-state index contributed by atoms with van der Waals surface area (Å²) in [5.74, 6) is -0.278. The molecule has 1 N–H and O–H groups in total. The maximum Gasteiger partial charge on any atom is 0.343 e. The van der Waals surface area contributed by atoms with Crippen LogP contribution in [0.4, 0.5) is 10.1 Å². The summed E-state index contributed by atoms with van der Waals surface area (Å²) in [6.45, 7) is 9.70. The molecule has 2 aromatic rings. The molecule has 0 amide bonds. The second-order valence-corrected chi connectivity index (χ2v) is 8.37. The highest BCUT2D eigenvalue weighted by atomic mass is 19.1. The van der Waals surface area contributed by atoms with Crippen molar-refractivity contribution in [3.05, 3.63) is 70.1 Å². The molecular formula is C25H30FN3O2. The van der Waals surface area contributed by atoms with Gasteiger partial charge in [0.15, 0.2) is 0 Å². The molecule has 0 saturated carbocycles. The molecule has 0 aliphatic carbocycles. The standard InChI is InChI=1S/C25H30FN3O2/c1-4-5-23-17(2)12-20(26)16-29(23)15-18(3)22-13-19-6-7-21(14-24(19)31-25(22)30)28-10-8-27-9-11-28/h6-7,12-16,23,27H,4-5,8-11H2,1-3H3/b18-15+. The lowest BCUT2D eigenvalue weighted by Gasteiger charge is -2.31. The Morgan fingerprint density at radius 1 is 1.29 bits per heavy atom. The van der Waals surface area contributed by atoms with Gasteiger partial charge in [0.05, 0.1) is 11.6 Å². The van der Waals surface area contributed by atoms with Crippen LogP contribution in [0.2, 0.25) is 0 Å². The number of anilines is 1. The van der Waals surface area contributed by atoms with E-state index in [-0.39, 0.29) is 17.5 Å². The monoisotopic (exact) mass is 423 g/mol. The lowest BCUT2D eigenvalue weighted by Crippen LogP contribution is -2.43. The molecule has 0 radical (unpaired) electrons. The third kappa shape index (κ3) is 4.59. The van der Waals surface area contributed by atoms with Crippen molar-refractivity contribution in [2.45, 2.75) is 39.7 Å². The molecule has 1 saturated heterocycles. The number of nitrogens with zero attached hydrogens (tertiary/aromatic N) is 2. The molecule has 1 unspecified atom stereocenters. The van der Waals surface area contributed by atoms with Gasteiger partial charge in [-0.1, -0.05) is 13.3 Å². The van der Waals surface area contributed by atoms with Crippen LogP contribution in [0.25, 0.3) is 16.5 Å². The van der Waals surface area contributed by atoms with Crippen molar-refractivity contribution in [1.29, 1.82) is 0 Å². The molecular weight excluding hydrogens is 393 g/mol. The highest BCUT2D eigenvalue weighted by Crippen LogP contribution is 2.28. The molecule has 4 rings (SSSR count). The van der Waals surface area contributed by atoms with Gasteiger partial charge < -0.3 is 19.5 Å². The van der Waals surface area contributed by atoms with Crippen molar-refractivity contribution < 1.29 is 8.81 Å². The maximum absolute atomic E-state index is 14.1. The van der Waals surface area contributed by atoms with Gasteiger partial charge in [-0.15, -0.1) is 0 Å². The Kier molecular flexibility index (Phi) is 6.28. The predicted octanol–water partition coefficient (Wildman–Crippen LogP) is 4.80. The van der Waals surface area contributed by atoms with E-state index in [1.807, 2.05) is 43.1 Å². The molecule has 6 heteroatoms. The summed E-state index contributed by atoms with van der Waals surface area (Å²) in [5.41, 5.74) is 3.51. The Morgan fingerprint density at radius 3 is 2.81 bits per heavy atom. The number of hydrogen-bond acceptors (Lipinski definition) is 5. The minimum absolute atomic E-state index is 0.0912. The van der Waals surface area contributed by atoms with Gasteiger partial charge in [0.25, 0.3) is 0 Å². The SMILES string of the molecule is CCCC1C(C)=CC(F)=CN1/C=C(\C)c1cc2ccc(N3CCNCC3)cc2oc1=O. The van der Waals surface area contributed by atoms with Gasteiger partial charge in [0.2, 0.25) is 0 Å². The Bertz CT molecular complexity index is 1110. The second kappa shape index (κ2) is 9.10. The average molecular weight is 424 g/mol. The van der Waals surface area contributed by atoms with Crippen LogP contribution in [0.5, 0.6) is 0 Å². The summed E-state index contributed by atoms with van der Waals surface area (Å²) in [6, 6.07) is 7.98. The Morgan fingerprint density at radius 2 is 2.06 bits per heavy atom. The number of rotatable bonds is 5. The van der Waals surface area contributed by atoms with Crippen LogP contribution in [0, 0.1) is 0 Å². The number of allylic oxidation sites excluding steroid dienone is 3. The Labute approximate surface area is 182 Å². The predicted molar refractivity (Wildman–Crippen MR) is 125 cm³/mol. The van der Waals surface area contributed by atoms with Crippen molar-refractivity contribution in [2.24, 2.45) is 0 Å². The molecule has 2 aliphatic rings. The van der Waals surface area contributed by atoms with E-state index in [1.54, 1.807) is 6.08 Å². The Balaban J connectivity index is 1.66. The first kappa shape index (κ1) is 21.4. The number of halogens is 1. The molecule has 5 nitrogen and oxygen atoms in total. The third-order valence-corrected chi connectivity index (χ3v) is 6.05. The molecule has 1 atom stereocenters. The van der Waals surface area contributed by atoms with Gasteiger partial charge >= 0.3 is 5.63 Å². The molecule has 2 aliphatic heterocycles.